The number of piperazine rings is 1. The summed E-state index contributed by atoms with van der Waals surface area (Å²) >= 11 is 6.10. The fraction of sp³-hybridized carbons (Fsp3) is 0.333. The van der Waals surface area contributed by atoms with Crippen LogP contribution in [0.1, 0.15) is 6.42 Å². The number of halogens is 1. The van der Waals surface area contributed by atoms with Gasteiger partial charge in [0.05, 0.1) is 23.8 Å². The van der Waals surface area contributed by atoms with Crippen LogP contribution < -0.4 is 9.64 Å². The number of benzene rings is 2. The average molecular weight is 383 g/mol. The molecule has 0 amide bonds. The largest absolute Gasteiger partial charge is 0.477 e. The number of aromatic nitrogens is 2. The van der Waals surface area contributed by atoms with Gasteiger partial charge in [-0.15, -0.1) is 0 Å². The molecule has 140 valence electrons. The van der Waals surface area contributed by atoms with Crippen molar-refractivity contribution in [3.8, 4) is 5.88 Å². The lowest BCUT2D eigenvalue weighted by atomic mass is 10.2. The first-order chi connectivity index (χ1) is 13.3. The van der Waals surface area contributed by atoms with Gasteiger partial charge in [-0.2, -0.15) is 0 Å². The SMILES string of the molecule is Clc1cccc(N2CCN(CCCOc3cnc4ccccc4n3)CC2)c1. The molecule has 2 aromatic carbocycles. The molecule has 0 spiro atoms. The summed E-state index contributed by atoms with van der Waals surface area (Å²) < 4.78 is 5.78. The van der Waals surface area contributed by atoms with Crippen molar-refractivity contribution in [2.75, 3.05) is 44.2 Å². The summed E-state index contributed by atoms with van der Waals surface area (Å²) in [5.74, 6) is 0.597. The molecule has 0 saturated carbocycles. The third kappa shape index (κ3) is 4.67. The summed E-state index contributed by atoms with van der Waals surface area (Å²) in [6, 6.07) is 15.9. The van der Waals surface area contributed by atoms with Gasteiger partial charge in [0, 0.05) is 43.4 Å². The van der Waals surface area contributed by atoms with Gasteiger partial charge in [0.2, 0.25) is 5.88 Å². The van der Waals surface area contributed by atoms with E-state index in [0.717, 1.165) is 55.2 Å². The minimum atomic E-state index is 0.597. The van der Waals surface area contributed by atoms with Gasteiger partial charge in [-0.05, 0) is 36.8 Å². The molecule has 2 heterocycles. The van der Waals surface area contributed by atoms with E-state index in [9.17, 15) is 0 Å². The molecule has 0 N–H and O–H groups in total. The molecule has 3 aromatic rings. The van der Waals surface area contributed by atoms with E-state index in [4.69, 9.17) is 16.3 Å². The number of ether oxygens (including phenoxy) is 1. The second kappa shape index (κ2) is 8.55. The highest BCUT2D eigenvalue weighted by Crippen LogP contribution is 2.21. The Morgan fingerprint density at radius 2 is 1.78 bits per heavy atom. The Hall–Kier alpha value is -2.37. The fourth-order valence-electron chi connectivity index (χ4n) is 3.38. The van der Waals surface area contributed by atoms with Crippen molar-refractivity contribution in [1.82, 2.24) is 14.9 Å². The first-order valence-corrected chi connectivity index (χ1v) is 9.73. The lowest BCUT2D eigenvalue weighted by Crippen LogP contribution is -2.46. The second-order valence-electron chi connectivity index (χ2n) is 6.71. The van der Waals surface area contributed by atoms with Gasteiger partial charge in [-0.1, -0.05) is 29.8 Å². The Labute approximate surface area is 164 Å². The number of fused-ring (bicyclic) bond motifs is 1. The molecule has 0 bridgehead atoms. The first-order valence-electron chi connectivity index (χ1n) is 9.35. The zero-order valence-electron chi connectivity index (χ0n) is 15.2. The number of rotatable bonds is 6. The smallest absolute Gasteiger partial charge is 0.232 e. The Bertz CT molecular complexity index is 896. The van der Waals surface area contributed by atoms with Crippen LogP contribution in [0.15, 0.2) is 54.7 Å². The molecule has 1 aliphatic heterocycles. The zero-order valence-corrected chi connectivity index (χ0v) is 16.0. The van der Waals surface area contributed by atoms with Crippen molar-refractivity contribution < 1.29 is 4.74 Å². The summed E-state index contributed by atoms with van der Waals surface area (Å²) in [5.41, 5.74) is 2.97. The number of nitrogens with zero attached hydrogens (tertiary/aromatic N) is 4. The minimum Gasteiger partial charge on any atom is -0.477 e. The molecule has 1 aromatic heterocycles. The van der Waals surface area contributed by atoms with Crippen LogP contribution in [0.2, 0.25) is 5.02 Å². The summed E-state index contributed by atoms with van der Waals surface area (Å²) in [6.45, 7) is 5.85. The van der Waals surface area contributed by atoms with E-state index >= 15 is 0 Å². The van der Waals surface area contributed by atoms with Gasteiger partial charge in [-0.3, -0.25) is 4.90 Å². The van der Waals surface area contributed by atoms with Crippen LogP contribution in [-0.2, 0) is 0 Å². The van der Waals surface area contributed by atoms with E-state index in [0.29, 0.717) is 12.5 Å². The highest BCUT2D eigenvalue weighted by molar-refractivity contribution is 6.30. The van der Waals surface area contributed by atoms with Crippen LogP contribution in [0.3, 0.4) is 0 Å². The monoisotopic (exact) mass is 382 g/mol. The Kier molecular flexibility index (Phi) is 5.70. The molecule has 0 atom stereocenters. The number of hydrogen-bond acceptors (Lipinski definition) is 5. The molecule has 6 heteroatoms. The minimum absolute atomic E-state index is 0.597. The molecule has 27 heavy (non-hydrogen) atoms. The van der Waals surface area contributed by atoms with Gasteiger partial charge < -0.3 is 9.64 Å². The zero-order chi connectivity index (χ0) is 18.5. The van der Waals surface area contributed by atoms with Crippen LogP contribution in [0, 0.1) is 0 Å². The molecule has 0 radical (unpaired) electrons. The Balaban J connectivity index is 1.20. The summed E-state index contributed by atoms with van der Waals surface area (Å²) in [5, 5.41) is 0.795. The van der Waals surface area contributed by atoms with Crippen molar-refractivity contribution in [2.24, 2.45) is 0 Å². The van der Waals surface area contributed by atoms with Gasteiger partial charge in [-0.25, -0.2) is 9.97 Å². The van der Waals surface area contributed by atoms with E-state index < -0.39 is 0 Å². The first kappa shape index (κ1) is 18.0. The van der Waals surface area contributed by atoms with Crippen LogP contribution in [0.25, 0.3) is 11.0 Å². The maximum absolute atomic E-state index is 6.10. The number of anilines is 1. The molecule has 5 nitrogen and oxygen atoms in total. The molecule has 1 aliphatic rings. The van der Waals surface area contributed by atoms with Gasteiger partial charge in [0.15, 0.2) is 0 Å². The predicted octanol–water partition coefficient (Wildman–Crippen LogP) is 3.87. The van der Waals surface area contributed by atoms with E-state index in [1.54, 1.807) is 6.20 Å². The van der Waals surface area contributed by atoms with Crippen molar-refractivity contribution in [1.29, 1.82) is 0 Å². The topological polar surface area (TPSA) is 41.5 Å². The highest BCUT2D eigenvalue weighted by Gasteiger charge is 2.17. The summed E-state index contributed by atoms with van der Waals surface area (Å²) in [4.78, 5) is 13.7. The molecular formula is C21H23ClN4O. The van der Waals surface area contributed by atoms with Crippen LogP contribution >= 0.6 is 11.6 Å². The van der Waals surface area contributed by atoms with Crippen LogP contribution in [0.5, 0.6) is 5.88 Å². The molecular weight excluding hydrogens is 360 g/mol. The van der Waals surface area contributed by atoms with Gasteiger partial charge >= 0.3 is 0 Å². The maximum atomic E-state index is 6.10. The van der Waals surface area contributed by atoms with E-state index in [1.165, 1.54) is 5.69 Å². The van der Waals surface area contributed by atoms with Crippen molar-refractivity contribution >= 4 is 28.3 Å². The van der Waals surface area contributed by atoms with Gasteiger partial charge in [0.25, 0.3) is 0 Å². The van der Waals surface area contributed by atoms with Crippen LogP contribution in [0.4, 0.5) is 5.69 Å². The fourth-order valence-corrected chi connectivity index (χ4v) is 3.56. The lowest BCUT2D eigenvalue weighted by Gasteiger charge is -2.36. The molecule has 4 rings (SSSR count). The van der Waals surface area contributed by atoms with Gasteiger partial charge in [0.1, 0.15) is 0 Å². The standard InChI is InChI=1S/C21H23ClN4O/c22-17-5-3-6-18(15-17)26-12-10-25(11-13-26)9-4-14-27-21-16-23-19-7-1-2-8-20(19)24-21/h1-3,5-8,15-16H,4,9-14H2. The van der Waals surface area contributed by atoms with Crippen molar-refractivity contribution in [3.05, 3.63) is 59.8 Å². The van der Waals surface area contributed by atoms with Crippen molar-refractivity contribution in [2.45, 2.75) is 6.42 Å². The summed E-state index contributed by atoms with van der Waals surface area (Å²) in [7, 11) is 0. The third-order valence-electron chi connectivity index (χ3n) is 4.84. The average Bonchev–Trinajstić information content (AvgIpc) is 2.71. The van der Waals surface area contributed by atoms with Crippen molar-refractivity contribution in [3.63, 3.8) is 0 Å². The normalized spacial score (nSPS) is 15.2. The predicted molar refractivity (Wildman–Crippen MR) is 110 cm³/mol. The molecule has 0 unspecified atom stereocenters. The lowest BCUT2D eigenvalue weighted by molar-refractivity contribution is 0.222. The van der Waals surface area contributed by atoms with E-state index in [1.807, 2.05) is 42.5 Å². The highest BCUT2D eigenvalue weighted by atomic mass is 35.5. The summed E-state index contributed by atoms with van der Waals surface area (Å²) in [6.07, 6.45) is 2.68. The Morgan fingerprint density at radius 3 is 2.59 bits per heavy atom. The quantitative estimate of drug-likeness (QED) is 0.605. The maximum Gasteiger partial charge on any atom is 0.232 e. The molecule has 1 saturated heterocycles. The number of para-hydroxylation sites is 2. The molecule has 1 fully saturated rings. The van der Waals surface area contributed by atoms with E-state index in [2.05, 4.69) is 25.8 Å². The van der Waals surface area contributed by atoms with Crippen LogP contribution in [-0.4, -0.2) is 54.2 Å². The molecule has 0 aliphatic carbocycles. The third-order valence-corrected chi connectivity index (χ3v) is 5.08. The second-order valence-corrected chi connectivity index (χ2v) is 7.14. The van der Waals surface area contributed by atoms with E-state index in [-0.39, 0.29) is 0 Å². The Morgan fingerprint density at radius 1 is 0.963 bits per heavy atom. The number of hydrogen-bond donors (Lipinski definition) is 0.